The van der Waals surface area contributed by atoms with Gasteiger partial charge < -0.3 is 9.64 Å². The fraction of sp³-hybridized carbons (Fsp3) is 0.632. The van der Waals surface area contributed by atoms with Crippen LogP contribution in [0.15, 0.2) is 24.3 Å². The fourth-order valence-corrected chi connectivity index (χ4v) is 4.72. The quantitative estimate of drug-likeness (QED) is 0.820. The van der Waals surface area contributed by atoms with Gasteiger partial charge in [0.25, 0.3) is 0 Å². The molecule has 1 atom stereocenters. The largest absolute Gasteiger partial charge is 0.372 e. The number of amides is 1. The molecular formula is C19H25ClN2O2. The van der Waals surface area contributed by atoms with Crippen molar-refractivity contribution in [3.8, 4) is 0 Å². The molecule has 1 amide bonds. The van der Waals surface area contributed by atoms with Crippen LogP contribution in [0.2, 0.25) is 5.02 Å². The van der Waals surface area contributed by atoms with Crippen LogP contribution >= 0.6 is 11.6 Å². The molecule has 24 heavy (non-hydrogen) atoms. The van der Waals surface area contributed by atoms with Crippen molar-refractivity contribution in [2.45, 2.75) is 37.8 Å². The highest BCUT2D eigenvalue weighted by molar-refractivity contribution is 6.30. The van der Waals surface area contributed by atoms with Gasteiger partial charge in [0, 0.05) is 50.8 Å². The Hall–Kier alpha value is -1.10. The molecule has 4 rings (SSSR count). The van der Waals surface area contributed by atoms with E-state index in [0.29, 0.717) is 11.8 Å². The van der Waals surface area contributed by atoms with Crippen molar-refractivity contribution in [3.05, 3.63) is 34.9 Å². The third kappa shape index (κ3) is 3.19. The molecular weight excluding hydrogens is 324 g/mol. The van der Waals surface area contributed by atoms with Gasteiger partial charge in [0.05, 0.1) is 5.60 Å². The maximum Gasteiger partial charge on any atom is 0.222 e. The van der Waals surface area contributed by atoms with Gasteiger partial charge in [-0.15, -0.1) is 0 Å². The van der Waals surface area contributed by atoms with E-state index < -0.39 is 0 Å². The Labute approximate surface area is 148 Å². The Kier molecular flexibility index (Phi) is 4.54. The molecule has 3 heterocycles. The number of benzene rings is 1. The number of halogens is 1. The number of nitrogens with zero attached hydrogens (tertiary/aromatic N) is 2. The molecule has 3 aliphatic rings. The van der Waals surface area contributed by atoms with Gasteiger partial charge >= 0.3 is 0 Å². The Morgan fingerprint density at radius 1 is 1.33 bits per heavy atom. The molecule has 1 aromatic rings. The second-order valence-corrected chi connectivity index (χ2v) is 7.88. The first-order valence-electron chi connectivity index (χ1n) is 9.03. The number of carbonyl (C=O) groups is 1. The summed E-state index contributed by atoms with van der Waals surface area (Å²) in [5, 5.41) is 0.799. The first kappa shape index (κ1) is 16.4. The average molecular weight is 349 g/mol. The lowest BCUT2D eigenvalue weighted by atomic mass is 9.78. The number of likely N-dealkylation sites (tertiary alicyclic amines) is 2. The van der Waals surface area contributed by atoms with Crippen LogP contribution in [0.4, 0.5) is 0 Å². The molecule has 0 bridgehead atoms. The average Bonchev–Trinajstić information content (AvgIpc) is 3.11. The molecule has 0 radical (unpaired) electrons. The summed E-state index contributed by atoms with van der Waals surface area (Å²) < 4.78 is 6.15. The SMILES string of the molecule is O=C1CCCN1CCC1CCOC12CN(Cc1cccc(Cl)c1)C2. The lowest BCUT2D eigenvalue weighted by molar-refractivity contribution is -0.139. The van der Waals surface area contributed by atoms with Crippen LogP contribution in [-0.4, -0.2) is 54.1 Å². The van der Waals surface area contributed by atoms with Crippen LogP contribution in [0.3, 0.4) is 0 Å². The predicted octanol–water partition coefficient (Wildman–Crippen LogP) is 2.94. The number of ether oxygens (including phenoxy) is 1. The minimum atomic E-state index is 0.0291. The Balaban J connectivity index is 1.30. The third-order valence-electron chi connectivity index (χ3n) is 5.80. The van der Waals surface area contributed by atoms with Crippen LogP contribution in [-0.2, 0) is 16.1 Å². The normalized spacial score (nSPS) is 26.3. The summed E-state index contributed by atoms with van der Waals surface area (Å²) >= 11 is 6.07. The summed E-state index contributed by atoms with van der Waals surface area (Å²) in [6, 6.07) is 8.09. The minimum Gasteiger partial charge on any atom is -0.372 e. The summed E-state index contributed by atoms with van der Waals surface area (Å²) in [5.74, 6) is 0.917. The van der Waals surface area contributed by atoms with E-state index in [1.807, 2.05) is 23.1 Å². The summed E-state index contributed by atoms with van der Waals surface area (Å²) in [6.45, 7) is 5.64. The van der Waals surface area contributed by atoms with Crippen LogP contribution in [0.1, 0.15) is 31.2 Å². The first-order valence-corrected chi connectivity index (χ1v) is 9.41. The van der Waals surface area contributed by atoms with E-state index in [1.165, 1.54) is 5.56 Å². The predicted molar refractivity (Wildman–Crippen MR) is 94.0 cm³/mol. The molecule has 5 heteroatoms. The van der Waals surface area contributed by atoms with Gasteiger partial charge in [-0.3, -0.25) is 9.69 Å². The number of rotatable bonds is 5. The maximum atomic E-state index is 11.8. The first-order chi connectivity index (χ1) is 11.6. The molecule has 130 valence electrons. The van der Waals surface area contributed by atoms with Gasteiger partial charge in [0.2, 0.25) is 5.91 Å². The molecule has 3 saturated heterocycles. The van der Waals surface area contributed by atoms with Crippen LogP contribution in [0.25, 0.3) is 0 Å². The van der Waals surface area contributed by atoms with Crippen LogP contribution < -0.4 is 0 Å². The van der Waals surface area contributed by atoms with Gasteiger partial charge in [0.1, 0.15) is 0 Å². The van der Waals surface area contributed by atoms with Crippen molar-refractivity contribution in [3.63, 3.8) is 0 Å². The fourth-order valence-electron chi connectivity index (χ4n) is 4.51. The minimum absolute atomic E-state index is 0.0291. The highest BCUT2D eigenvalue weighted by Gasteiger charge is 2.52. The Bertz CT molecular complexity index is 615. The third-order valence-corrected chi connectivity index (χ3v) is 6.03. The molecule has 4 nitrogen and oxygen atoms in total. The summed E-state index contributed by atoms with van der Waals surface area (Å²) in [5.41, 5.74) is 1.29. The molecule has 1 aromatic carbocycles. The second-order valence-electron chi connectivity index (χ2n) is 7.45. The van der Waals surface area contributed by atoms with Crippen molar-refractivity contribution < 1.29 is 9.53 Å². The lowest BCUT2D eigenvalue weighted by Crippen LogP contribution is -2.64. The van der Waals surface area contributed by atoms with E-state index in [0.717, 1.165) is 70.0 Å². The molecule has 0 saturated carbocycles. The number of hydrogen-bond donors (Lipinski definition) is 0. The van der Waals surface area contributed by atoms with Gasteiger partial charge in [-0.2, -0.15) is 0 Å². The van der Waals surface area contributed by atoms with Gasteiger partial charge in [-0.1, -0.05) is 23.7 Å². The molecule has 3 aliphatic heterocycles. The summed E-state index contributed by atoms with van der Waals surface area (Å²) in [7, 11) is 0. The van der Waals surface area contributed by atoms with Crippen molar-refractivity contribution in [1.82, 2.24) is 9.80 Å². The highest BCUT2D eigenvalue weighted by Crippen LogP contribution is 2.42. The van der Waals surface area contributed by atoms with E-state index in [2.05, 4.69) is 11.0 Å². The molecule has 0 aromatic heterocycles. The van der Waals surface area contributed by atoms with Crippen molar-refractivity contribution in [2.24, 2.45) is 5.92 Å². The molecule has 0 N–H and O–H groups in total. The van der Waals surface area contributed by atoms with Crippen molar-refractivity contribution >= 4 is 17.5 Å². The van der Waals surface area contributed by atoms with E-state index in [1.54, 1.807) is 0 Å². The summed E-state index contributed by atoms with van der Waals surface area (Å²) in [6.07, 6.45) is 3.97. The standard InChI is InChI=1S/C19H25ClN2O2/c20-17-4-1-3-15(11-17)12-21-13-19(14-21)16(7-10-24-19)6-9-22-8-2-5-18(22)23/h1,3-4,11,16H,2,5-10,12-14H2. The summed E-state index contributed by atoms with van der Waals surface area (Å²) in [4.78, 5) is 16.3. The second kappa shape index (κ2) is 6.66. The van der Waals surface area contributed by atoms with E-state index in [-0.39, 0.29) is 5.60 Å². The maximum absolute atomic E-state index is 11.8. The zero-order chi connectivity index (χ0) is 16.6. The van der Waals surface area contributed by atoms with Gasteiger partial charge in [-0.05, 0) is 42.9 Å². The topological polar surface area (TPSA) is 32.8 Å². The zero-order valence-electron chi connectivity index (χ0n) is 14.0. The molecule has 1 unspecified atom stereocenters. The molecule has 3 fully saturated rings. The van der Waals surface area contributed by atoms with E-state index in [9.17, 15) is 4.79 Å². The number of hydrogen-bond acceptors (Lipinski definition) is 3. The monoisotopic (exact) mass is 348 g/mol. The van der Waals surface area contributed by atoms with Crippen molar-refractivity contribution in [1.29, 1.82) is 0 Å². The van der Waals surface area contributed by atoms with Crippen molar-refractivity contribution in [2.75, 3.05) is 32.8 Å². The number of carbonyl (C=O) groups excluding carboxylic acids is 1. The van der Waals surface area contributed by atoms with Crippen LogP contribution in [0.5, 0.6) is 0 Å². The smallest absolute Gasteiger partial charge is 0.222 e. The Morgan fingerprint density at radius 3 is 2.96 bits per heavy atom. The highest BCUT2D eigenvalue weighted by atomic mass is 35.5. The lowest BCUT2D eigenvalue weighted by Gasteiger charge is -2.50. The van der Waals surface area contributed by atoms with E-state index >= 15 is 0 Å². The van der Waals surface area contributed by atoms with E-state index in [4.69, 9.17) is 16.3 Å². The van der Waals surface area contributed by atoms with Gasteiger partial charge in [0.15, 0.2) is 0 Å². The molecule has 0 aliphatic carbocycles. The van der Waals surface area contributed by atoms with Gasteiger partial charge in [-0.25, -0.2) is 0 Å². The molecule has 1 spiro atoms. The Morgan fingerprint density at radius 2 is 2.21 bits per heavy atom. The zero-order valence-corrected chi connectivity index (χ0v) is 14.8. The van der Waals surface area contributed by atoms with Crippen LogP contribution in [0, 0.1) is 5.92 Å².